The zero-order chi connectivity index (χ0) is 18.5. The molecule has 3 rings (SSSR count). The van der Waals surface area contributed by atoms with Gasteiger partial charge in [0.05, 0.1) is 6.54 Å². The van der Waals surface area contributed by atoms with E-state index in [0.29, 0.717) is 19.6 Å². The predicted octanol–water partition coefficient (Wildman–Crippen LogP) is 3.60. The molecule has 0 aromatic heterocycles. The molecule has 0 saturated carbocycles. The van der Waals surface area contributed by atoms with E-state index in [0.717, 1.165) is 34.9 Å². The molecule has 1 heterocycles. The van der Waals surface area contributed by atoms with Crippen molar-refractivity contribution in [1.29, 1.82) is 0 Å². The molecule has 0 atom stereocenters. The normalized spacial score (nSPS) is 12.5. The number of carbonyl (C=O) groups is 1. The van der Waals surface area contributed by atoms with Crippen LogP contribution in [-0.4, -0.2) is 37.2 Å². The number of ether oxygens (including phenoxy) is 2. The third kappa shape index (κ3) is 3.99. The van der Waals surface area contributed by atoms with Crippen LogP contribution in [0.3, 0.4) is 0 Å². The van der Waals surface area contributed by atoms with Gasteiger partial charge in [-0.1, -0.05) is 31.2 Å². The first-order chi connectivity index (χ1) is 12.6. The summed E-state index contributed by atoms with van der Waals surface area (Å²) in [5.74, 6) is 1.67. The number of aryl methyl sites for hydroxylation is 1. The van der Waals surface area contributed by atoms with Gasteiger partial charge in [-0.25, -0.2) is 0 Å². The summed E-state index contributed by atoms with van der Waals surface area (Å²) in [5, 5.41) is 0. The average molecular weight is 354 g/mol. The number of nitrogens with zero attached hydrogens (tertiary/aromatic N) is 2. The lowest BCUT2D eigenvalue weighted by atomic mass is 10.1. The predicted molar refractivity (Wildman–Crippen MR) is 103 cm³/mol. The first-order valence-corrected chi connectivity index (χ1v) is 9.09. The van der Waals surface area contributed by atoms with Gasteiger partial charge in [0.25, 0.3) is 0 Å². The molecule has 0 bridgehead atoms. The Labute approximate surface area is 155 Å². The summed E-state index contributed by atoms with van der Waals surface area (Å²) in [7, 11) is 0. The van der Waals surface area contributed by atoms with Gasteiger partial charge in [-0.2, -0.15) is 0 Å². The van der Waals surface area contributed by atoms with Crippen LogP contribution in [0.5, 0.6) is 11.5 Å². The fourth-order valence-electron chi connectivity index (χ4n) is 3.20. The summed E-state index contributed by atoms with van der Waals surface area (Å²) in [4.78, 5) is 16.9. The molecule has 0 N–H and O–H groups in total. The topological polar surface area (TPSA) is 42.0 Å². The minimum atomic E-state index is 0.115. The van der Waals surface area contributed by atoms with Gasteiger partial charge in [0.15, 0.2) is 11.5 Å². The molecule has 0 fully saturated rings. The molecule has 1 aliphatic heterocycles. The maximum Gasteiger partial charge on any atom is 0.241 e. The van der Waals surface area contributed by atoms with Crippen molar-refractivity contribution < 1.29 is 14.3 Å². The van der Waals surface area contributed by atoms with E-state index in [1.165, 1.54) is 0 Å². The van der Waals surface area contributed by atoms with E-state index in [-0.39, 0.29) is 12.7 Å². The van der Waals surface area contributed by atoms with Crippen molar-refractivity contribution in [1.82, 2.24) is 4.90 Å². The third-order valence-electron chi connectivity index (χ3n) is 4.67. The van der Waals surface area contributed by atoms with Gasteiger partial charge in [-0.05, 0) is 49.7 Å². The largest absolute Gasteiger partial charge is 0.454 e. The number of likely N-dealkylation sites (N-methyl/N-ethyl adjacent to an activating group) is 2. The summed E-state index contributed by atoms with van der Waals surface area (Å²) < 4.78 is 10.8. The molecular formula is C21H26N2O3. The van der Waals surface area contributed by atoms with Gasteiger partial charge in [0, 0.05) is 18.8 Å². The Morgan fingerprint density at radius 2 is 1.81 bits per heavy atom. The zero-order valence-electron chi connectivity index (χ0n) is 15.7. The first kappa shape index (κ1) is 18.3. The summed E-state index contributed by atoms with van der Waals surface area (Å²) in [6, 6.07) is 14.0. The summed E-state index contributed by atoms with van der Waals surface area (Å²) >= 11 is 0. The molecule has 2 aromatic rings. The van der Waals surface area contributed by atoms with Crippen molar-refractivity contribution in [3.05, 3.63) is 53.6 Å². The minimum Gasteiger partial charge on any atom is -0.454 e. The van der Waals surface area contributed by atoms with E-state index in [1.807, 2.05) is 61.2 Å². The molecule has 0 aliphatic carbocycles. The molecular weight excluding hydrogens is 328 g/mol. The van der Waals surface area contributed by atoms with Crippen LogP contribution in [0, 0.1) is 6.92 Å². The number of amides is 1. The second-order valence-corrected chi connectivity index (χ2v) is 6.42. The highest BCUT2D eigenvalue weighted by Crippen LogP contribution is 2.32. The van der Waals surface area contributed by atoms with E-state index in [9.17, 15) is 4.79 Å². The van der Waals surface area contributed by atoms with Gasteiger partial charge in [-0.3, -0.25) is 9.69 Å². The molecule has 2 aromatic carbocycles. The van der Waals surface area contributed by atoms with Crippen LogP contribution in [-0.2, 0) is 11.3 Å². The standard InChI is InChI=1S/C21H26N2O3/c1-4-22(13-17-10-11-19-20(12-17)26-15-25-19)14-21(24)23(5-2)18-9-7-6-8-16(18)3/h6-12H,4-5,13-15H2,1-3H3. The van der Waals surface area contributed by atoms with Crippen LogP contribution >= 0.6 is 0 Å². The number of anilines is 1. The maximum absolute atomic E-state index is 12.9. The number of hydrogen-bond acceptors (Lipinski definition) is 4. The monoisotopic (exact) mass is 354 g/mol. The van der Waals surface area contributed by atoms with E-state index in [4.69, 9.17) is 9.47 Å². The van der Waals surface area contributed by atoms with E-state index < -0.39 is 0 Å². The van der Waals surface area contributed by atoms with Crippen LogP contribution in [0.15, 0.2) is 42.5 Å². The zero-order valence-corrected chi connectivity index (χ0v) is 15.7. The summed E-state index contributed by atoms with van der Waals surface area (Å²) in [6.07, 6.45) is 0. The molecule has 1 amide bonds. The fourth-order valence-corrected chi connectivity index (χ4v) is 3.20. The fraction of sp³-hybridized carbons (Fsp3) is 0.381. The minimum absolute atomic E-state index is 0.115. The number of hydrogen-bond donors (Lipinski definition) is 0. The summed E-state index contributed by atoms with van der Waals surface area (Å²) in [6.45, 7) is 8.93. The molecule has 138 valence electrons. The molecule has 1 aliphatic rings. The lowest BCUT2D eigenvalue weighted by molar-refractivity contribution is -0.119. The Morgan fingerprint density at radius 3 is 2.54 bits per heavy atom. The van der Waals surface area contributed by atoms with E-state index in [2.05, 4.69) is 11.8 Å². The van der Waals surface area contributed by atoms with E-state index >= 15 is 0 Å². The SMILES string of the molecule is CCN(CC(=O)N(CC)c1ccccc1C)Cc1ccc2c(c1)OCO2. The van der Waals surface area contributed by atoms with Gasteiger partial charge in [0.2, 0.25) is 12.7 Å². The van der Waals surface area contributed by atoms with Crippen LogP contribution in [0.2, 0.25) is 0 Å². The van der Waals surface area contributed by atoms with Crippen molar-refractivity contribution in [3.8, 4) is 11.5 Å². The number of benzene rings is 2. The Bertz CT molecular complexity index is 776. The highest BCUT2D eigenvalue weighted by atomic mass is 16.7. The van der Waals surface area contributed by atoms with Crippen LogP contribution in [0.1, 0.15) is 25.0 Å². The van der Waals surface area contributed by atoms with Crippen molar-refractivity contribution in [2.24, 2.45) is 0 Å². The Balaban J connectivity index is 1.68. The van der Waals surface area contributed by atoms with E-state index in [1.54, 1.807) is 0 Å². The molecule has 0 saturated heterocycles. The second kappa shape index (κ2) is 8.23. The van der Waals surface area contributed by atoms with Crippen LogP contribution in [0.4, 0.5) is 5.69 Å². The van der Waals surface area contributed by atoms with Gasteiger partial charge in [0.1, 0.15) is 0 Å². The Kier molecular flexibility index (Phi) is 5.78. The van der Waals surface area contributed by atoms with Crippen LogP contribution in [0.25, 0.3) is 0 Å². The molecule has 0 radical (unpaired) electrons. The van der Waals surface area contributed by atoms with Gasteiger partial charge < -0.3 is 14.4 Å². The number of rotatable bonds is 7. The number of carbonyl (C=O) groups excluding carboxylic acids is 1. The molecule has 0 unspecified atom stereocenters. The molecule has 5 heteroatoms. The average Bonchev–Trinajstić information content (AvgIpc) is 3.11. The second-order valence-electron chi connectivity index (χ2n) is 6.42. The lowest BCUT2D eigenvalue weighted by Crippen LogP contribution is -2.40. The first-order valence-electron chi connectivity index (χ1n) is 9.09. The Hall–Kier alpha value is -2.53. The third-order valence-corrected chi connectivity index (χ3v) is 4.67. The van der Waals surface area contributed by atoms with Gasteiger partial charge >= 0.3 is 0 Å². The highest BCUT2D eigenvalue weighted by molar-refractivity contribution is 5.95. The molecule has 26 heavy (non-hydrogen) atoms. The number of fused-ring (bicyclic) bond motifs is 1. The van der Waals surface area contributed by atoms with Crippen LogP contribution < -0.4 is 14.4 Å². The molecule has 5 nitrogen and oxygen atoms in total. The molecule has 0 spiro atoms. The van der Waals surface area contributed by atoms with Crippen molar-refractivity contribution in [2.75, 3.05) is 31.3 Å². The Morgan fingerprint density at radius 1 is 1.04 bits per heavy atom. The summed E-state index contributed by atoms with van der Waals surface area (Å²) in [5.41, 5.74) is 3.21. The quantitative estimate of drug-likeness (QED) is 0.762. The van der Waals surface area contributed by atoms with Crippen molar-refractivity contribution in [2.45, 2.75) is 27.3 Å². The number of para-hydroxylation sites is 1. The maximum atomic E-state index is 12.9. The van der Waals surface area contributed by atoms with Crippen molar-refractivity contribution in [3.63, 3.8) is 0 Å². The highest BCUT2D eigenvalue weighted by Gasteiger charge is 2.19. The smallest absolute Gasteiger partial charge is 0.241 e. The lowest BCUT2D eigenvalue weighted by Gasteiger charge is -2.27. The van der Waals surface area contributed by atoms with Gasteiger partial charge in [-0.15, -0.1) is 0 Å². The van der Waals surface area contributed by atoms with Crippen molar-refractivity contribution >= 4 is 11.6 Å².